The number of likely N-dealkylation sites (N-methyl/N-ethyl adjacent to an activating group) is 1. The number of carbonyl (C=O) groups excluding carboxylic acids is 1. The Morgan fingerprint density at radius 1 is 1.22 bits per heavy atom. The number of hydrogen-bond donors (Lipinski definition) is 1. The number of benzene rings is 1. The summed E-state index contributed by atoms with van der Waals surface area (Å²) in [4.78, 5) is 12.7. The predicted molar refractivity (Wildman–Crippen MR) is 87.0 cm³/mol. The topological polar surface area (TPSA) is 49.8 Å². The standard InChI is InChI=1S/C19H26NO3/c1-20(2)15-8-12(9-16(20)19-18(15)23-19)10-17(22)14(11-21)13-6-4-3-5-7-13/h3-7,12,14-16,18-19,21H,8-11H2,1-2H3/q+1/t12?,14-,15+,16?,18-,19?/m1/s1. The van der Waals surface area contributed by atoms with E-state index in [1.54, 1.807) is 0 Å². The number of epoxide rings is 1. The predicted octanol–water partition coefficient (Wildman–Crippen LogP) is 1.73. The fraction of sp³-hybridized carbons (Fsp3) is 0.632. The molecule has 4 rings (SSSR count). The van der Waals surface area contributed by atoms with Crippen LogP contribution in [-0.4, -0.2) is 60.4 Å². The summed E-state index contributed by atoms with van der Waals surface area (Å²) in [5.41, 5.74) is 0.932. The summed E-state index contributed by atoms with van der Waals surface area (Å²) in [7, 11) is 4.62. The van der Waals surface area contributed by atoms with E-state index >= 15 is 0 Å². The van der Waals surface area contributed by atoms with Crippen molar-refractivity contribution in [2.75, 3.05) is 20.7 Å². The third kappa shape index (κ3) is 2.44. The molecule has 0 aromatic heterocycles. The highest BCUT2D eigenvalue weighted by molar-refractivity contribution is 5.86. The maximum absolute atomic E-state index is 12.7. The van der Waals surface area contributed by atoms with Crippen LogP contribution in [0.25, 0.3) is 0 Å². The van der Waals surface area contributed by atoms with Crippen LogP contribution in [0.4, 0.5) is 0 Å². The zero-order chi connectivity index (χ0) is 16.2. The van der Waals surface area contributed by atoms with Gasteiger partial charge in [-0.1, -0.05) is 30.3 Å². The average molecular weight is 316 g/mol. The van der Waals surface area contributed by atoms with Gasteiger partial charge in [0.25, 0.3) is 0 Å². The number of ether oxygens (including phenoxy) is 1. The zero-order valence-electron chi connectivity index (χ0n) is 13.9. The highest BCUT2D eigenvalue weighted by atomic mass is 16.6. The van der Waals surface area contributed by atoms with E-state index < -0.39 is 0 Å². The zero-order valence-corrected chi connectivity index (χ0v) is 13.9. The van der Waals surface area contributed by atoms with Gasteiger partial charge in [-0.3, -0.25) is 4.79 Å². The van der Waals surface area contributed by atoms with Gasteiger partial charge in [0, 0.05) is 19.3 Å². The summed E-state index contributed by atoms with van der Waals surface area (Å²) in [5.74, 6) is 0.256. The number of Topliss-reactive ketones (excluding diaryl/α,β-unsaturated/α-hetero) is 1. The molecule has 6 atom stereocenters. The van der Waals surface area contributed by atoms with Gasteiger partial charge in [0.05, 0.1) is 26.6 Å². The molecule has 3 saturated heterocycles. The molecule has 4 nitrogen and oxygen atoms in total. The summed E-state index contributed by atoms with van der Waals surface area (Å²) in [6.07, 6.45) is 3.59. The van der Waals surface area contributed by atoms with E-state index in [0.29, 0.717) is 36.6 Å². The van der Waals surface area contributed by atoms with E-state index in [4.69, 9.17) is 4.74 Å². The molecular weight excluding hydrogens is 290 g/mol. The molecule has 3 aliphatic rings. The summed E-state index contributed by atoms with van der Waals surface area (Å²) in [6, 6.07) is 10.8. The lowest BCUT2D eigenvalue weighted by Gasteiger charge is -2.45. The fourth-order valence-corrected chi connectivity index (χ4v) is 5.02. The Bertz CT molecular complexity index is 580. The molecule has 0 saturated carbocycles. The number of ketones is 1. The molecule has 0 radical (unpaired) electrons. The van der Waals surface area contributed by atoms with Crippen LogP contribution in [0.1, 0.15) is 30.7 Å². The van der Waals surface area contributed by atoms with E-state index in [9.17, 15) is 9.90 Å². The molecule has 23 heavy (non-hydrogen) atoms. The monoisotopic (exact) mass is 316 g/mol. The van der Waals surface area contributed by atoms with Crippen LogP contribution in [0.15, 0.2) is 30.3 Å². The van der Waals surface area contributed by atoms with Gasteiger partial charge in [-0.2, -0.15) is 0 Å². The van der Waals surface area contributed by atoms with Crippen molar-refractivity contribution in [1.82, 2.24) is 0 Å². The first-order valence-corrected chi connectivity index (χ1v) is 8.69. The first-order chi connectivity index (χ1) is 11.0. The number of quaternary nitrogens is 1. The highest BCUT2D eigenvalue weighted by Crippen LogP contribution is 2.53. The van der Waals surface area contributed by atoms with E-state index in [-0.39, 0.29) is 18.3 Å². The second kappa shape index (κ2) is 5.40. The maximum atomic E-state index is 12.7. The quantitative estimate of drug-likeness (QED) is 0.665. The molecule has 3 unspecified atom stereocenters. The van der Waals surface area contributed by atoms with Crippen LogP contribution < -0.4 is 0 Å². The number of hydrogen-bond acceptors (Lipinski definition) is 3. The second-order valence-corrected chi connectivity index (χ2v) is 7.98. The first-order valence-electron chi connectivity index (χ1n) is 8.69. The Labute approximate surface area is 137 Å². The first kappa shape index (κ1) is 15.3. The molecule has 0 aliphatic carbocycles. The lowest BCUT2D eigenvalue weighted by Crippen LogP contribution is -2.58. The smallest absolute Gasteiger partial charge is 0.142 e. The minimum Gasteiger partial charge on any atom is -0.395 e. The van der Waals surface area contributed by atoms with Gasteiger partial charge in [0.15, 0.2) is 0 Å². The van der Waals surface area contributed by atoms with Gasteiger partial charge < -0.3 is 14.3 Å². The number of carbonyl (C=O) groups is 1. The van der Waals surface area contributed by atoms with Crippen molar-refractivity contribution in [3.8, 4) is 0 Å². The molecule has 2 bridgehead atoms. The summed E-state index contributed by atoms with van der Waals surface area (Å²) in [6.45, 7) is -0.0989. The van der Waals surface area contributed by atoms with E-state index in [2.05, 4.69) is 14.1 Å². The van der Waals surface area contributed by atoms with Gasteiger partial charge >= 0.3 is 0 Å². The maximum Gasteiger partial charge on any atom is 0.142 e. The lowest BCUT2D eigenvalue weighted by atomic mass is 9.81. The van der Waals surface area contributed by atoms with Gasteiger partial charge in [-0.15, -0.1) is 0 Å². The minimum absolute atomic E-state index is 0.0989. The molecule has 4 heteroatoms. The molecule has 1 aromatic rings. The summed E-state index contributed by atoms with van der Waals surface area (Å²) in [5, 5.41) is 9.68. The number of aliphatic hydroxyl groups is 1. The molecule has 1 N–H and O–H groups in total. The number of morpholine rings is 1. The molecule has 3 aliphatic heterocycles. The molecule has 0 spiro atoms. The van der Waals surface area contributed by atoms with Crippen LogP contribution in [-0.2, 0) is 9.53 Å². The van der Waals surface area contributed by atoms with E-state index in [1.165, 1.54) is 0 Å². The van der Waals surface area contributed by atoms with E-state index in [0.717, 1.165) is 22.9 Å². The number of fused-ring (bicyclic) bond motifs is 5. The Morgan fingerprint density at radius 3 is 2.39 bits per heavy atom. The Morgan fingerprint density at radius 2 is 1.83 bits per heavy atom. The van der Waals surface area contributed by atoms with Crippen LogP contribution in [0.5, 0.6) is 0 Å². The Hall–Kier alpha value is -1.23. The highest BCUT2D eigenvalue weighted by Gasteiger charge is 2.70. The van der Waals surface area contributed by atoms with Crippen LogP contribution >= 0.6 is 0 Å². The van der Waals surface area contributed by atoms with Gasteiger partial charge in [0.1, 0.15) is 30.1 Å². The van der Waals surface area contributed by atoms with E-state index in [1.807, 2.05) is 30.3 Å². The summed E-state index contributed by atoms with van der Waals surface area (Å²) >= 11 is 0. The lowest BCUT2D eigenvalue weighted by molar-refractivity contribution is -0.938. The van der Waals surface area contributed by atoms with Crippen molar-refractivity contribution in [2.24, 2.45) is 5.92 Å². The van der Waals surface area contributed by atoms with Crippen molar-refractivity contribution in [3.05, 3.63) is 35.9 Å². The van der Waals surface area contributed by atoms with Crippen LogP contribution in [0.3, 0.4) is 0 Å². The van der Waals surface area contributed by atoms with Gasteiger partial charge in [-0.25, -0.2) is 0 Å². The van der Waals surface area contributed by atoms with Crippen molar-refractivity contribution < 1.29 is 19.1 Å². The number of nitrogens with zero attached hydrogens (tertiary/aromatic N) is 1. The third-order valence-electron chi connectivity index (χ3n) is 6.44. The van der Waals surface area contributed by atoms with Crippen LogP contribution in [0.2, 0.25) is 0 Å². The second-order valence-electron chi connectivity index (χ2n) is 7.98. The molecular formula is C19H26NO3+. The number of piperidine rings is 1. The third-order valence-corrected chi connectivity index (χ3v) is 6.44. The molecule has 1 aromatic carbocycles. The minimum atomic E-state index is -0.371. The van der Waals surface area contributed by atoms with Crippen molar-refractivity contribution in [2.45, 2.75) is 49.5 Å². The Kier molecular flexibility index (Phi) is 3.59. The number of aliphatic hydroxyl groups excluding tert-OH is 1. The van der Waals surface area contributed by atoms with Crippen molar-refractivity contribution >= 4 is 5.78 Å². The summed E-state index contributed by atoms with van der Waals surface area (Å²) < 4.78 is 6.86. The average Bonchev–Trinajstić information content (AvgIpc) is 3.27. The van der Waals surface area contributed by atoms with Gasteiger partial charge in [-0.05, 0) is 11.5 Å². The van der Waals surface area contributed by atoms with Gasteiger partial charge in [0.2, 0.25) is 0 Å². The SMILES string of the molecule is C[N+]1(C)C2CC(CC(=O)[C@H](CO)c3ccccc3)C[C@H]1[C@H]1OC21. The normalized spacial score (nSPS) is 38.0. The Balaban J connectivity index is 1.44. The fourth-order valence-electron chi connectivity index (χ4n) is 5.02. The number of rotatable bonds is 5. The molecule has 124 valence electrons. The van der Waals surface area contributed by atoms with Crippen molar-refractivity contribution in [1.29, 1.82) is 0 Å². The molecule has 0 amide bonds. The van der Waals surface area contributed by atoms with Crippen LogP contribution in [0, 0.1) is 5.92 Å². The largest absolute Gasteiger partial charge is 0.395 e. The molecule has 3 fully saturated rings. The van der Waals surface area contributed by atoms with Crippen molar-refractivity contribution in [3.63, 3.8) is 0 Å². The molecule has 3 heterocycles.